The van der Waals surface area contributed by atoms with Gasteiger partial charge in [-0.25, -0.2) is 9.59 Å². The van der Waals surface area contributed by atoms with Crippen LogP contribution in [0.15, 0.2) is 24.3 Å². The van der Waals surface area contributed by atoms with Gasteiger partial charge in [-0.15, -0.1) is 0 Å². The van der Waals surface area contributed by atoms with Gasteiger partial charge in [0.2, 0.25) is 0 Å². The van der Waals surface area contributed by atoms with Crippen molar-refractivity contribution in [2.24, 2.45) is 0 Å². The Kier molecular flexibility index (Phi) is 3.29. The zero-order valence-electron chi connectivity index (χ0n) is 8.93. The molecule has 0 aliphatic carbocycles. The van der Waals surface area contributed by atoms with Gasteiger partial charge in [0.25, 0.3) is 0 Å². The number of carboxylic acids is 1. The molecular formula is C11H12O5. The highest BCUT2D eigenvalue weighted by atomic mass is 16.6. The number of carbonyl (C=O) groups excluding carboxylic acids is 1. The monoisotopic (exact) mass is 224 g/mol. The first-order valence-electron chi connectivity index (χ1n) is 4.59. The molecule has 1 aromatic rings. The zero-order chi connectivity index (χ0) is 12.3. The normalized spacial score (nSPS) is 10.9. The Morgan fingerprint density at radius 1 is 1.25 bits per heavy atom. The molecule has 0 heterocycles. The van der Waals surface area contributed by atoms with E-state index < -0.39 is 17.5 Å². The molecule has 0 spiro atoms. The second-order valence-electron chi connectivity index (χ2n) is 3.75. The summed E-state index contributed by atoms with van der Waals surface area (Å²) in [7, 11) is 0. The van der Waals surface area contributed by atoms with Crippen LogP contribution in [0.25, 0.3) is 0 Å². The van der Waals surface area contributed by atoms with Crippen molar-refractivity contribution in [1.29, 1.82) is 0 Å². The van der Waals surface area contributed by atoms with Crippen LogP contribution in [-0.4, -0.2) is 27.8 Å². The summed E-state index contributed by atoms with van der Waals surface area (Å²) in [4.78, 5) is 22.1. The minimum atomic E-state index is -1.66. The quantitative estimate of drug-likeness (QED) is 0.592. The summed E-state index contributed by atoms with van der Waals surface area (Å²) in [6, 6.07) is 5.73. The Hall–Kier alpha value is -1.88. The maximum Gasteiger partial charge on any atom is 0.342 e. The van der Waals surface area contributed by atoms with E-state index in [1.54, 1.807) is 6.07 Å². The van der Waals surface area contributed by atoms with Crippen LogP contribution in [0.2, 0.25) is 0 Å². The Labute approximate surface area is 92.3 Å². The number of carboxylic acid groups (broad SMARTS) is 1. The van der Waals surface area contributed by atoms with Gasteiger partial charge in [0.1, 0.15) is 11.3 Å². The van der Waals surface area contributed by atoms with Crippen molar-refractivity contribution in [2.45, 2.75) is 19.4 Å². The van der Waals surface area contributed by atoms with E-state index in [0.717, 1.165) is 0 Å². The predicted molar refractivity (Wildman–Crippen MR) is 55.3 cm³/mol. The number of rotatable bonds is 3. The lowest BCUT2D eigenvalue weighted by Gasteiger charge is -2.16. The minimum Gasteiger partial charge on any atom is -0.478 e. The summed E-state index contributed by atoms with van der Waals surface area (Å²) >= 11 is 0. The molecule has 0 unspecified atom stereocenters. The molecule has 0 radical (unpaired) electrons. The van der Waals surface area contributed by atoms with Gasteiger partial charge in [0.05, 0.1) is 0 Å². The maximum atomic E-state index is 11.3. The fourth-order valence-corrected chi connectivity index (χ4v) is 0.957. The van der Waals surface area contributed by atoms with E-state index in [1.165, 1.54) is 32.0 Å². The second kappa shape index (κ2) is 4.32. The summed E-state index contributed by atoms with van der Waals surface area (Å²) in [5, 5.41) is 18.2. The third-order valence-electron chi connectivity index (χ3n) is 1.82. The van der Waals surface area contributed by atoms with Crippen LogP contribution in [-0.2, 0) is 4.79 Å². The zero-order valence-corrected chi connectivity index (χ0v) is 8.93. The molecule has 16 heavy (non-hydrogen) atoms. The van der Waals surface area contributed by atoms with Gasteiger partial charge in [-0.2, -0.15) is 0 Å². The molecule has 0 fully saturated rings. The highest BCUT2D eigenvalue weighted by Crippen LogP contribution is 2.19. The van der Waals surface area contributed by atoms with Crippen LogP contribution < -0.4 is 4.74 Å². The average Bonchev–Trinajstić information content (AvgIpc) is 2.16. The number of aromatic carboxylic acids is 1. The Balaban J connectivity index is 2.98. The van der Waals surface area contributed by atoms with Gasteiger partial charge >= 0.3 is 11.9 Å². The SMILES string of the molecule is CC(C)(O)C(=O)Oc1ccccc1C(=O)O. The van der Waals surface area contributed by atoms with E-state index >= 15 is 0 Å². The highest BCUT2D eigenvalue weighted by Gasteiger charge is 2.27. The fraction of sp³-hybridized carbons (Fsp3) is 0.273. The van der Waals surface area contributed by atoms with Crippen molar-refractivity contribution in [3.05, 3.63) is 29.8 Å². The summed E-state index contributed by atoms with van der Waals surface area (Å²) in [6.07, 6.45) is 0. The van der Waals surface area contributed by atoms with Crippen LogP contribution in [0.5, 0.6) is 5.75 Å². The Morgan fingerprint density at radius 2 is 1.81 bits per heavy atom. The van der Waals surface area contributed by atoms with Crippen molar-refractivity contribution >= 4 is 11.9 Å². The molecular weight excluding hydrogens is 212 g/mol. The first-order chi connectivity index (χ1) is 7.32. The number of para-hydroxylation sites is 1. The smallest absolute Gasteiger partial charge is 0.342 e. The molecule has 86 valence electrons. The first-order valence-corrected chi connectivity index (χ1v) is 4.59. The lowest BCUT2D eigenvalue weighted by atomic mass is 10.1. The number of esters is 1. The number of aliphatic hydroxyl groups is 1. The molecule has 1 aromatic carbocycles. The van der Waals surface area contributed by atoms with Gasteiger partial charge in [-0.05, 0) is 26.0 Å². The van der Waals surface area contributed by atoms with Crippen LogP contribution in [0.3, 0.4) is 0 Å². The van der Waals surface area contributed by atoms with Gasteiger partial charge in [0.15, 0.2) is 5.60 Å². The molecule has 0 saturated carbocycles. The number of carbonyl (C=O) groups is 2. The summed E-state index contributed by atoms with van der Waals surface area (Å²) < 4.78 is 4.80. The average molecular weight is 224 g/mol. The van der Waals surface area contributed by atoms with Gasteiger partial charge < -0.3 is 14.9 Å². The van der Waals surface area contributed by atoms with Gasteiger partial charge in [0, 0.05) is 0 Å². The van der Waals surface area contributed by atoms with E-state index in [2.05, 4.69) is 0 Å². The Morgan fingerprint density at radius 3 is 2.31 bits per heavy atom. The van der Waals surface area contributed by atoms with Crippen LogP contribution >= 0.6 is 0 Å². The molecule has 0 bridgehead atoms. The fourth-order valence-electron chi connectivity index (χ4n) is 0.957. The van der Waals surface area contributed by atoms with Crippen molar-refractivity contribution in [2.75, 3.05) is 0 Å². The lowest BCUT2D eigenvalue weighted by molar-refractivity contribution is -0.151. The highest BCUT2D eigenvalue weighted by molar-refractivity contribution is 5.92. The molecule has 0 aliphatic rings. The number of benzene rings is 1. The van der Waals surface area contributed by atoms with E-state index in [9.17, 15) is 14.7 Å². The first kappa shape index (κ1) is 12.2. The largest absolute Gasteiger partial charge is 0.478 e. The van der Waals surface area contributed by atoms with Crippen LogP contribution in [0, 0.1) is 0 Å². The van der Waals surface area contributed by atoms with Gasteiger partial charge in [-0.1, -0.05) is 12.1 Å². The molecule has 0 aromatic heterocycles. The lowest BCUT2D eigenvalue weighted by Crippen LogP contribution is -2.35. The van der Waals surface area contributed by atoms with Crippen molar-refractivity contribution < 1.29 is 24.5 Å². The summed E-state index contributed by atoms with van der Waals surface area (Å²) in [5.41, 5.74) is -1.79. The summed E-state index contributed by atoms with van der Waals surface area (Å²) in [5.74, 6) is -2.18. The predicted octanol–water partition coefficient (Wildman–Crippen LogP) is 1.06. The molecule has 2 N–H and O–H groups in total. The van der Waals surface area contributed by atoms with E-state index in [4.69, 9.17) is 9.84 Å². The van der Waals surface area contributed by atoms with Crippen molar-refractivity contribution in [3.63, 3.8) is 0 Å². The standard InChI is InChI=1S/C11H12O5/c1-11(2,15)10(14)16-8-6-4-3-5-7(8)9(12)13/h3-6,15H,1-2H3,(H,12,13). The van der Waals surface area contributed by atoms with E-state index in [1.807, 2.05) is 0 Å². The third kappa shape index (κ3) is 2.80. The number of ether oxygens (including phenoxy) is 1. The molecule has 1 rings (SSSR count). The van der Waals surface area contributed by atoms with E-state index in [-0.39, 0.29) is 11.3 Å². The molecule has 0 saturated heterocycles. The Bertz CT molecular complexity index is 417. The van der Waals surface area contributed by atoms with Crippen LogP contribution in [0.1, 0.15) is 24.2 Å². The topological polar surface area (TPSA) is 83.8 Å². The number of hydrogen-bond donors (Lipinski definition) is 2. The van der Waals surface area contributed by atoms with E-state index in [0.29, 0.717) is 0 Å². The van der Waals surface area contributed by atoms with Crippen molar-refractivity contribution in [1.82, 2.24) is 0 Å². The second-order valence-corrected chi connectivity index (χ2v) is 3.75. The molecule has 5 heteroatoms. The molecule has 5 nitrogen and oxygen atoms in total. The van der Waals surface area contributed by atoms with Gasteiger partial charge in [-0.3, -0.25) is 0 Å². The maximum absolute atomic E-state index is 11.3. The molecule has 0 atom stereocenters. The molecule has 0 aliphatic heterocycles. The molecule has 0 amide bonds. The number of hydrogen-bond acceptors (Lipinski definition) is 4. The minimum absolute atomic E-state index is 0.0814. The third-order valence-corrected chi connectivity index (χ3v) is 1.82. The van der Waals surface area contributed by atoms with Crippen LogP contribution in [0.4, 0.5) is 0 Å². The van der Waals surface area contributed by atoms with Crippen molar-refractivity contribution in [3.8, 4) is 5.75 Å². The summed E-state index contributed by atoms with van der Waals surface area (Å²) in [6.45, 7) is 2.53.